The molecule has 1 aliphatic heterocycles. The molecule has 0 atom stereocenters. The molecule has 1 fully saturated rings. The lowest BCUT2D eigenvalue weighted by atomic mass is 10.1. The fraction of sp³-hybridized carbons (Fsp3) is 0.364. The summed E-state index contributed by atoms with van der Waals surface area (Å²) in [7, 11) is 0. The number of alkyl halides is 3. The van der Waals surface area contributed by atoms with Gasteiger partial charge in [0.25, 0.3) is 5.91 Å². The van der Waals surface area contributed by atoms with Gasteiger partial charge in [0, 0.05) is 5.56 Å². The first kappa shape index (κ1) is 11.9. The maximum absolute atomic E-state index is 12.4. The average Bonchev–Trinajstić information content (AvgIpc) is 2.22. The molecule has 0 radical (unpaired) electrons. The average molecular weight is 245 g/mol. The van der Waals surface area contributed by atoms with Crippen LogP contribution >= 0.6 is 0 Å². The Labute approximate surface area is 95.6 Å². The monoisotopic (exact) mass is 245 g/mol. The number of nitrogens with one attached hydrogen (secondary N) is 1. The van der Waals surface area contributed by atoms with Gasteiger partial charge in [-0.3, -0.25) is 4.79 Å². The Balaban J connectivity index is 2.12. The number of hydrogen-bond donors (Lipinski definition) is 1. The molecule has 1 saturated heterocycles. The predicted molar refractivity (Wildman–Crippen MR) is 53.5 cm³/mol. The van der Waals surface area contributed by atoms with Crippen molar-refractivity contribution in [3.63, 3.8) is 0 Å². The number of amides is 1. The van der Waals surface area contributed by atoms with Gasteiger partial charge in [-0.1, -0.05) is 6.07 Å². The van der Waals surface area contributed by atoms with E-state index in [1.165, 1.54) is 12.1 Å². The SMILES string of the molecule is O=C(NC1COC1)c1cccc(C(F)(F)F)c1. The number of ether oxygens (including phenoxy) is 1. The predicted octanol–water partition coefficient (Wildman–Crippen LogP) is 1.83. The van der Waals surface area contributed by atoms with E-state index < -0.39 is 17.6 Å². The van der Waals surface area contributed by atoms with Crippen LogP contribution in [0.5, 0.6) is 0 Å². The van der Waals surface area contributed by atoms with Gasteiger partial charge in [0.15, 0.2) is 0 Å². The smallest absolute Gasteiger partial charge is 0.377 e. The third-order valence-electron chi connectivity index (χ3n) is 2.43. The lowest BCUT2D eigenvalue weighted by molar-refractivity contribution is -0.137. The Morgan fingerprint density at radius 3 is 2.59 bits per heavy atom. The molecule has 1 aromatic rings. The lowest BCUT2D eigenvalue weighted by Gasteiger charge is -2.26. The minimum absolute atomic E-state index is 0.00623. The second-order valence-corrected chi connectivity index (χ2v) is 3.79. The largest absolute Gasteiger partial charge is 0.416 e. The van der Waals surface area contributed by atoms with Crippen molar-refractivity contribution in [3.05, 3.63) is 35.4 Å². The molecule has 0 spiro atoms. The molecule has 0 bridgehead atoms. The van der Waals surface area contributed by atoms with Crippen molar-refractivity contribution in [1.29, 1.82) is 0 Å². The molecule has 1 heterocycles. The van der Waals surface area contributed by atoms with Crippen molar-refractivity contribution in [2.45, 2.75) is 12.2 Å². The summed E-state index contributed by atoms with van der Waals surface area (Å²) in [5, 5.41) is 2.58. The Morgan fingerprint density at radius 1 is 1.35 bits per heavy atom. The van der Waals surface area contributed by atoms with E-state index in [1.54, 1.807) is 0 Å². The Morgan fingerprint density at radius 2 is 2.06 bits per heavy atom. The summed E-state index contributed by atoms with van der Waals surface area (Å²) >= 11 is 0. The highest BCUT2D eigenvalue weighted by atomic mass is 19.4. The topological polar surface area (TPSA) is 38.3 Å². The van der Waals surface area contributed by atoms with E-state index in [-0.39, 0.29) is 11.6 Å². The zero-order valence-corrected chi connectivity index (χ0v) is 8.75. The molecule has 6 heteroatoms. The number of benzene rings is 1. The first-order valence-electron chi connectivity index (χ1n) is 5.02. The maximum Gasteiger partial charge on any atom is 0.416 e. The zero-order chi connectivity index (χ0) is 12.5. The van der Waals surface area contributed by atoms with Crippen molar-refractivity contribution in [3.8, 4) is 0 Å². The highest BCUT2D eigenvalue weighted by Crippen LogP contribution is 2.29. The van der Waals surface area contributed by atoms with E-state index in [1.807, 2.05) is 0 Å². The molecule has 1 N–H and O–H groups in total. The molecule has 92 valence electrons. The molecule has 0 saturated carbocycles. The first-order valence-corrected chi connectivity index (χ1v) is 5.02. The van der Waals surface area contributed by atoms with Crippen LogP contribution in [0, 0.1) is 0 Å². The van der Waals surface area contributed by atoms with Gasteiger partial charge in [0.05, 0.1) is 24.8 Å². The Kier molecular flexibility index (Phi) is 3.06. The summed E-state index contributed by atoms with van der Waals surface area (Å²) in [5.74, 6) is -0.510. The van der Waals surface area contributed by atoms with Crippen LogP contribution in [0.1, 0.15) is 15.9 Å². The molecule has 1 aromatic carbocycles. The van der Waals surface area contributed by atoms with Gasteiger partial charge >= 0.3 is 6.18 Å². The van der Waals surface area contributed by atoms with Gasteiger partial charge < -0.3 is 10.1 Å². The number of rotatable bonds is 2. The third kappa shape index (κ3) is 2.76. The van der Waals surface area contributed by atoms with Crippen LogP contribution in [0.25, 0.3) is 0 Å². The van der Waals surface area contributed by atoms with Gasteiger partial charge in [0.2, 0.25) is 0 Å². The van der Waals surface area contributed by atoms with E-state index in [9.17, 15) is 18.0 Å². The van der Waals surface area contributed by atoms with E-state index in [2.05, 4.69) is 5.32 Å². The van der Waals surface area contributed by atoms with Gasteiger partial charge in [-0.25, -0.2) is 0 Å². The van der Waals surface area contributed by atoms with Crippen LogP contribution in [0.3, 0.4) is 0 Å². The van der Waals surface area contributed by atoms with Crippen LogP contribution < -0.4 is 5.32 Å². The van der Waals surface area contributed by atoms with Gasteiger partial charge in [-0.15, -0.1) is 0 Å². The van der Waals surface area contributed by atoms with Crippen molar-refractivity contribution in [2.75, 3.05) is 13.2 Å². The van der Waals surface area contributed by atoms with Crippen LogP contribution in [0.15, 0.2) is 24.3 Å². The summed E-state index contributed by atoms with van der Waals surface area (Å²) in [6.45, 7) is 0.815. The molecule has 2 rings (SSSR count). The van der Waals surface area contributed by atoms with Crippen molar-refractivity contribution >= 4 is 5.91 Å². The van der Waals surface area contributed by atoms with Crippen LogP contribution in [0.2, 0.25) is 0 Å². The fourth-order valence-corrected chi connectivity index (χ4v) is 1.42. The highest BCUT2D eigenvalue weighted by molar-refractivity contribution is 5.94. The highest BCUT2D eigenvalue weighted by Gasteiger charge is 2.31. The molecule has 0 unspecified atom stereocenters. The van der Waals surface area contributed by atoms with Gasteiger partial charge in [0.1, 0.15) is 0 Å². The summed E-state index contributed by atoms with van der Waals surface area (Å²) in [5.41, 5.74) is -0.818. The molecular weight excluding hydrogens is 235 g/mol. The zero-order valence-electron chi connectivity index (χ0n) is 8.75. The van der Waals surface area contributed by atoms with Gasteiger partial charge in [-0.05, 0) is 18.2 Å². The van der Waals surface area contributed by atoms with Crippen LogP contribution in [-0.2, 0) is 10.9 Å². The second kappa shape index (κ2) is 4.37. The van der Waals surface area contributed by atoms with E-state index in [0.29, 0.717) is 13.2 Å². The number of carbonyl (C=O) groups excluding carboxylic acids is 1. The molecular formula is C11H10F3NO2. The first-order chi connectivity index (χ1) is 7.97. The fourth-order valence-electron chi connectivity index (χ4n) is 1.42. The Bertz CT molecular complexity index is 427. The number of carbonyl (C=O) groups is 1. The molecule has 17 heavy (non-hydrogen) atoms. The standard InChI is InChI=1S/C11H10F3NO2/c12-11(13,14)8-3-1-2-7(4-8)10(16)15-9-5-17-6-9/h1-4,9H,5-6H2,(H,15,16). The third-order valence-corrected chi connectivity index (χ3v) is 2.43. The van der Waals surface area contributed by atoms with Crippen molar-refractivity contribution < 1.29 is 22.7 Å². The minimum Gasteiger partial charge on any atom is -0.377 e. The summed E-state index contributed by atoms with van der Waals surface area (Å²) in [4.78, 5) is 11.6. The van der Waals surface area contributed by atoms with Crippen molar-refractivity contribution in [1.82, 2.24) is 5.32 Å². The van der Waals surface area contributed by atoms with Crippen LogP contribution in [0.4, 0.5) is 13.2 Å². The summed E-state index contributed by atoms with van der Waals surface area (Å²) < 4.78 is 42.1. The number of hydrogen-bond acceptors (Lipinski definition) is 2. The van der Waals surface area contributed by atoms with E-state index in [4.69, 9.17) is 4.74 Å². The molecule has 1 aliphatic rings. The van der Waals surface area contributed by atoms with E-state index in [0.717, 1.165) is 12.1 Å². The van der Waals surface area contributed by atoms with Crippen molar-refractivity contribution in [2.24, 2.45) is 0 Å². The molecule has 1 amide bonds. The quantitative estimate of drug-likeness (QED) is 0.863. The molecule has 0 aliphatic carbocycles. The summed E-state index contributed by atoms with van der Waals surface area (Å²) in [6.07, 6.45) is -4.43. The minimum atomic E-state index is -4.43. The Hall–Kier alpha value is -1.56. The second-order valence-electron chi connectivity index (χ2n) is 3.79. The summed E-state index contributed by atoms with van der Waals surface area (Å²) in [6, 6.07) is 4.24. The van der Waals surface area contributed by atoms with Crippen LogP contribution in [-0.4, -0.2) is 25.2 Å². The number of halogens is 3. The lowest BCUT2D eigenvalue weighted by Crippen LogP contribution is -2.48. The van der Waals surface area contributed by atoms with Gasteiger partial charge in [-0.2, -0.15) is 13.2 Å². The van der Waals surface area contributed by atoms with E-state index >= 15 is 0 Å². The normalized spacial score (nSPS) is 16.4. The molecule has 0 aromatic heterocycles. The maximum atomic E-state index is 12.4. The molecule has 3 nitrogen and oxygen atoms in total.